The number of urea groups is 1. The van der Waals surface area contributed by atoms with E-state index >= 15 is 0 Å². The second-order valence-corrected chi connectivity index (χ2v) is 9.57. The lowest BCUT2D eigenvalue weighted by molar-refractivity contribution is -0.139. The molecule has 0 unspecified atom stereocenters. The van der Waals surface area contributed by atoms with Gasteiger partial charge in [-0.3, -0.25) is 10.3 Å². The first-order chi connectivity index (χ1) is 14.4. The van der Waals surface area contributed by atoms with Crippen LogP contribution in [0.15, 0.2) is 47.6 Å². The molecule has 0 bridgehead atoms. The predicted molar refractivity (Wildman–Crippen MR) is 110 cm³/mol. The number of rotatable bonds is 5. The fourth-order valence-electron chi connectivity index (χ4n) is 2.76. The molecule has 164 valence electrons. The van der Waals surface area contributed by atoms with Crippen molar-refractivity contribution in [3.63, 3.8) is 0 Å². The molecular weight excluding hydrogens is 453 g/mol. The Morgan fingerprint density at radius 2 is 1.97 bits per heavy atom. The van der Waals surface area contributed by atoms with Crippen LogP contribution in [0.25, 0.3) is 10.4 Å². The van der Waals surface area contributed by atoms with Gasteiger partial charge < -0.3 is 5.32 Å². The van der Waals surface area contributed by atoms with Crippen LogP contribution in [-0.2, 0) is 22.6 Å². The van der Waals surface area contributed by atoms with Gasteiger partial charge in [0, 0.05) is 25.2 Å². The number of pyridine rings is 1. The number of halogens is 3. The van der Waals surface area contributed by atoms with Crippen LogP contribution in [0, 0.1) is 6.92 Å². The van der Waals surface area contributed by atoms with Crippen molar-refractivity contribution >= 4 is 32.3 Å². The molecule has 3 aromatic rings. The Labute approximate surface area is 180 Å². The number of thiazole rings is 1. The highest BCUT2D eigenvalue weighted by Gasteiger charge is 2.36. The van der Waals surface area contributed by atoms with Crippen molar-refractivity contribution in [2.45, 2.75) is 24.5 Å². The normalized spacial score (nSPS) is 11.9. The first-order valence-corrected chi connectivity index (χ1v) is 11.5. The van der Waals surface area contributed by atoms with Gasteiger partial charge in [-0.1, -0.05) is 23.5 Å². The van der Waals surface area contributed by atoms with Gasteiger partial charge in [0.05, 0.1) is 21.0 Å². The third-order valence-electron chi connectivity index (χ3n) is 4.14. The zero-order valence-corrected chi connectivity index (χ0v) is 18.0. The molecule has 0 aliphatic rings. The van der Waals surface area contributed by atoms with Crippen LogP contribution < -0.4 is 10.6 Å². The maximum absolute atomic E-state index is 13.4. The fourth-order valence-corrected chi connectivity index (χ4v) is 4.61. The Morgan fingerprint density at radius 1 is 1.23 bits per heavy atom. The Bertz CT molecular complexity index is 1210. The molecule has 0 spiro atoms. The summed E-state index contributed by atoms with van der Waals surface area (Å²) in [4.78, 5) is 19.8. The number of sulfone groups is 1. The van der Waals surface area contributed by atoms with Crippen LogP contribution in [0.4, 0.5) is 23.1 Å². The first-order valence-electron chi connectivity index (χ1n) is 8.78. The van der Waals surface area contributed by atoms with Gasteiger partial charge in [-0.25, -0.2) is 18.2 Å². The lowest BCUT2D eigenvalue weighted by Crippen LogP contribution is -2.28. The molecule has 7 nitrogen and oxygen atoms in total. The van der Waals surface area contributed by atoms with Crippen LogP contribution in [0.1, 0.15) is 16.8 Å². The van der Waals surface area contributed by atoms with E-state index in [-0.39, 0.29) is 17.2 Å². The molecule has 0 saturated heterocycles. The van der Waals surface area contributed by atoms with Gasteiger partial charge in [-0.2, -0.15) is 13.2 Å². The Morgan fingerprint density at radius 3 is 2.58 bits per heavy atom. The van der Waals surface area contributed by atoms with Gasteiger partial charge >= 0.3 is 12.2 Å². The molecule has 31 heavy (non-hydrogen) atoms. The number of anilines is 1. The summed E-state index contributed by atoms with van der Waals surface area (Å²) >= 11 is 0.983. The number of aromatic nitrogens is 2. The van der Waals surface area contributed by atoms with Gasteiger partial charge in [0.2, 0.25) is 0 Å². The number of hydrogen-bond acceptors (Lipinski definition) is 6. The van der Waals surface area contributed by atoms with E-state index in [0.717, 1.165) is 35.3 Å². The standard InChI is InChI=1S/C19H17F3N4O3S2/c1-11-16(13-5-6-15(31(2,28)29)14(8-13)19(20,21)22)30-18(25-11)26-17(27)24-10-12-4-3-7-23-9-12/h3-9H,10H2,1-2H3,(H2,24,25,26,27). The molecule has 0 radical (unpaired) electrons. The number of alkyl halides is 3. The topological polar surface area (TPSA) is 101 Å². The van der Waals surface area contributed by atoms with E-state index in [0.29, 0.717) is 10.6 Å². The van der Waals surface area contributed by atoms with E-state index in [1.165, 1.54) is 6.07 Å². The minimum Gasteiger partial charge on any atom is -0.334 e. The second-order valence-electron chi connectivity index (χ2n) is 6.58. The molecule has 2 N–H and O–H groups in total. The molecule has 1 aromatic carbocycles. The molecule has 0 saturated carbocycles. The summed E-state index contributed by atoms with van der Waals surface area (Å²) in [5, 5.41) is 5.36. The third kappa shape index (κ3) is 5.58. The molecular formula is C19H17F3N4O3S2. The molecule has 0 atom stereocenters. The highest BCUT2D eigenvalue weighted by Crippen LogP contribution is 2.39. The van der Waals surface area contributed by atoms with Crippen molar-refractivity contribution in [3.05, 3.63) is 59.5 Å². The Balaban J connectivity index is 1.83. The summed E-state index contributed by atoms with van der Waals surface area (Å²) in [5.74, 6) is 0. The maximum Gasteiger partial charge on any atom is 0.417 e. The molecule has 3 rings (SSSR count). The predicted octanol–water partition coefficient (Wildman–Crippen LogP) is 4.26. The third-order valence-corrected chi connectivity index (χ3v) is 6.42. The van der Waals surface area contributed by atoms with Crippen LogP contribution in [0.5, 0.6) is 0 Å². The van der Waals surface area contributed by atoms with Gasteiger partial charge in [0.15, 0.2) is 15.0 Å². The van der Waals surface area contributed by atoms with Gasteiger partial charge in [0.25, 0.3) is 0 Å². The molecule has 2 amide bonds. The van der Waals surface area contributed by atoms with E-state index in [2.05, 4.69) is 20.6 Å². The van der Waals surface area contributed by atoms with E-state index in [1.54, 1.807) is 31.5 Å². The number of amides is 2. The lowest BCUT2D eigenvalue weighted by atomic mass is 10.1. The zero-order valence-electron chi connectivity index (χ0n) is 16.3. The van der Waals surface area contributed by atoms with Crippen LogP contribution in [0.2, 0.25) is 0 Å². The number of carbonyl (C=O) groups is 1. The summed E-state index contributed by atoms with van der Waals surface area (Å²) in [5.41, 5.74) is 0.0923. The molecule has 0 fully saturated rings. The minimum absolute atomic E-state index is 0.151. The molecule has 0 aliphatic heterocycles. The number of hydrogen-bond donors (Lipinski definition) is 2. The second kappa shape index (κ2) is 8.63. The summed E-state index contributed by atoms with van der Waals surface area (Å²) < 4.78 is 63.8. The van der Waals surface area contributed by atoms with Gasteiger partial charge in [-0.15, -0.1) is 0 Å². The van der Waals surface area contributed by atoms with E-state index in [4.69, 9.17) is 0 Å². The molecule has 2 heterocycles. The van der Waals surface area contributed by atoms with E-state index in [9.17, 15) is 26.4 Å². The Hall–Kier alpha value is -2.99. The summed E-state index contributed by atoms with van der Waals surface area (Å²) in [7, 11) is -4.07. The van der Waals surface area contributed by atoms with Gasteiger partial charge in [-0.05, 0) is 36.2 Å². The van der Waals surface area contributed by atoms with Crippen molar-refractivity contribution in [3.8, 4) is 10.4 Å². The Kier molecular flexibility index (Phi) is 6.32. The van der Waals surface area contributed by atoms with Crippen LogP contribution >= 0.6 is 11.3 Å². The minimum atomic E-state index is -4.85. The summed E-state index contributed by atoms with van der Waals surface area (Å²) in [6.45, 7) is 1.82. The number of carbonyl (C=O) groups excluding carboxylic acids is 1. The fraction of sp³-hybridized carbons (Fsp3) is 0.211. The highest BCUT2D eigenvalue weighted by molar-refractivity contribution is 7.90. The van der Waals surface area contributed by atoms with E-state index < -0.39 is 32.5 Å². The summed E-state index contributed by atoms with van der Waals surface area (Å²) in [6.07, 6.45) is -0.915. The molecule has 12 heteroatoms. The van der Waals surface area contributed by atoms with Crippen molar-refractivity contribution < 1.29 is 26.4 Å². The highest BCUT2D eigenvalue weighted by atomic mass is 32.2. The molecule has 0 aliphatic carbocycles. The van der Waals surface area contributed by atoms with Crippen molar-refractivity contribution in [2.75, 3.05) is 11.6 Å². The number of nitrogens with one attached hydrogen (secondary N) is 2. The first kappa shape index (κ1) is 22.7. The smallest absolute Gasteiger partial charge is 0.334 e. The number of aryl methyl sites for hydroxylation is 1. The maximum atomic E-state index is 13.4. The van der Waals surface area contributed by atoms with Gasteiger partial charge in [0.1, 0.15) is 0 Å². The largest absolute Gasteiger partial charge is 0.417 e. The zero-order chi connectivity index (χ0) is 22.8. The quantitative estimate of drug-likeness (QED) is 0.580. The molecule has 2 aromatic heterocycles. The number of benzene rings is 1. The van der Waals surface area contributed by atoms with Crippen molar-refractivity contribution in [1.82, 2.24) is 15.3 Å². The van der Waals surface area contributed by atoms with Crippen molar-refractivity contribution in [2.24, 2.45) is 0 Å². The van der Waals surface area contributed by atoms with E-state index in [1.807, 2.05) is 0 Å². The SMILES string of the molecule is Cc1nc(NC(=O)NCc2cccnc2)sc1-c1ccc(S(C)(=O)=O)c(C(F)(F)F)c1. The van der Waals surface area contributed by atoms with Crippen LogP contribution in [0.3, 0.4) is 0 Å². The summed E-state index contributed by atoms with van der Waals surface area (Å²) in [6, 6.07) is 5.99. The lowest BCUT2D eigenvalue weighted by Gasteiger charge is -2.13. The monoisotopic (exact) mass is 470 g/mol. The number of nitrogens with zero attached hydrogens (tertiary/aromatic N) is 2. The van der Waals surface area contributed by atoms with Crippen molar-refractivity contribution in [1.29, 1.82) is 0 Å². The average Bonchev–Trinajstić information content (AvgIpc) is 3.05. The van der Waals surface area contributed by atoms with Crippen LogP contribution in [-0.4, -0.2) is 30.7 Å². The average molecular weight is 470 g/mol.